The Morgan fingerprint density at radius 1 is 0.742 bits per heavy atom. The average Bonchev–Trinajstić information content (AvgIpc) is 2.79. The molecule has 5 heteroatoms. The SMILES string of the molecule is Cc1ccc(-c2cc(C(=O)NCc3cnc(C)nc3)cc(-c3ccc(C)cn3)c2)cc1. The van der Waals surface area contributed by atoms with Crippen LogP contribution in [0.4, 0.5) is 0 Å². The quantitative estimate of drug-likeness (QED) is 0.501. The highest BCUT2D eigenvalue weighted by Crippen LogP contribution is 2.28. The maximum Gasteiger partial charge on any atom is 0.251 e. The van der Waals surface area contributed by atoms with E-state index < -0.39 is 0 Å². The minimum absolute atomic E-state index is 0.150. The number of nitrogens with one attached hydrogen (secondary N) is 1. The van der Waals surface area contributed by atoms with Gasteiger partial charge in [0.05, 0.1) is 5.69 Å². The first-order chi connectivity index (χ1) is 15.0. The molecule has 0 unspecified atom stereocenters. The Hall–Kier alpha value is -3.86. The molecule has 4 rings (SSSR count). The largest absolute Gasteiger partial charge is 0.348 e. The monoisotopic (exact) mass is 408 g/mol. The summed E-state index contributed by atoms with van der Waals surface area (Å²) in [5, 5.41) is 2.97. The van der Waals surface area contributed by atoms with Crippen molar-refractivity contribution < 1.29 is 4.79 Å². The molecule has 0 fully saturated rings. The lowest BCUT2D eigenvalue weighted by Gasteiger charge is -2.11. The summed E-state index contributed by atoms with van der Waals surface area (Å²) < 4.78 is 0. The molecule has 0 aliphatic carbocycles. The van der Waals surface area contributed by atoms with E-state index in [4.69, 9.17) is 0 Å². The lowest BCUT2D eigenvalue weighted by molar-refractivity contribution is 0.0951. The van der Waals surface area contributed by atoms with Gasteiger partial charge in [0, 0.05) is 41.8 Å². The van der Waals surface area contributed by atoms with Gasteiger partial charge in [-0.3, -0.25) is 9.78 Å². The molecule has 0 saturated carbocycles. The van der Waals surface area contributed by atoms with E-state index in [-0.39, 0.29) is 5.91 Å². The third-order valence-corrected chi connectivity index (χ3v) is 5.07. The van der Waals surface area contributed by atoms with Crippen molar-refractivity contribution >= 4 is 5.91 Å². The first kappa shape index (κ1) is 20.4. The molecule has 154 valence electrons. The van der Waals surface area contributed by atoms with Crippen LogP contribution in [0.3, 0.4) is 0 Å². The molecule has 0 aliphatic heterocycles. The van der Waals surface area contributed by atoms with Gasteiger partial charge in [-0.05, 0) is 61.7 Å². The highest BCUT2D eigenvalue weighted by atomic mass is 16.1. The lowest BCUT2D eigenvalue weighted by Crippen LogP contribution is -2.23. The van der Waals surface area contributed by atoms with Gasteiger partial charge in [-0.1, -0.05) is 35.9 Å². The second kappa shape index (κ2) is 8.88. The third-order valence-electron chi connectivity index (χ3n) is 5.07. The molecule has 2 aromatic carbocycles. The molecule has 5 nitrogen and oxygen atoms in total. The number of nitrogens with zero attached hydrogens (tertiary/aromatic N) is 3. The Morgan fingerprint density at radius 3 is 2.10 bits per heavy atom. The number of rotatable bonds is 5. The normalized spacial score (nSPS) is 10.7. The number of hydrogen-bond acceptors (Lipinski definition) is 4. The Morgan fingerprint density at radius 2 is 1.42 bits per heavy atom. The second-order valence-electron chi connectivity index (χ2n) is 7.71. The number of aromatic nitrogens is 3. The number of amides is 1. The van der Waals surface area contributed by atoms with Gasteiger partial charge in [0.1, 0.15) is 5.82 Å². The summed E-state index contributed by atoms with van der Waals surface area (Å²) in [6.07, 6.45) is 5.30. The van der Waals surface area contributed by atoms with E-state index in [1.807, 2.05) is 44.3 Å². The highest BCUT2D eigenvalue weighted by molar-refractivity contribution is 5.97. The van der Waals surface area contributed by atoms with Crippen molar-refractivity contribution in [2.75, 3.05) is 0 Å². The first-order valence-corrected chi connectivity index (χ1v) is 10.2. The molecule has 0 radical (unpaired) electrons. The molecule has 0 spiro atoms. The van der Waals surface area contributed by atoms with Crippen LogP contribution in [0.25, 0.3) is 22.4 Å². The van der Waals surface area contributed by atoms with Crippen LogP contribution in [0.15, 0.2) is 73.2 Å². The number of benzene rings is 2. The van der Waals surface area contributed by atoms with Crippen LogP contribution in [0, 0.1) is 20.8 Å². The van der Waals surface area contributed by atoms with E-state index in [0.717, 1.165) is 33.5 Å². The average molecular weight is 409 g/mol. The van der Waals surface area contributed by atoms with Crippen molar-refractivity contribution in [1.82, 2.24) is 20.3 Å². The summed E-state index contributed by atoms with van der Waals surface area (Å²) >= 11 is 0. The van der Waals surface area contributed by atoms with Gasteiger partial charge in [0.2, 0.25) is 0 Å². The molecule has 0 atom stereocenters. The second-order valence-corrected chi connectivity index (χ2v) is 7.71. The molecule has 1 N–H and O–H groups in total. The van der Waals surface area contributed by atoms with Gasteiger partial charge in [0.25, 0.3) is 5.91 Å². The third kappa shape index (κ3) is 5.01. The van der Waals surface area contributed by atoms with Crippen molar-refractivity contribution in [1.29, 1.82) is 0 Å². The van der Waals surface area contributed by atoms with Crippen LogP contribution in [0.2, 0.25) is 0 Å². The van der Waals surface area contributed by atoms with Crippen LogP contribution < -0.4 is 5.32 Å². The van der Waals surface area contributed by atoms with Crippen molar-refractivity contribution in [3.8, 4) is 22.4 Å². The zero-order valence-electron chi connectivity index (χ0n) is 17.9. The Bertz CT molecular complexity index is 1130. The van der Waals surface area contributed by atoms with E-state index in [1.54, 1.807) is 12.4 Å². The molecule has 31 heavy (non-hydrogen) atoms. The van der Waals surface area contributed by atoms with Crippen LogP contribution in [-0.4, -0.2) is 20.9 Å². The fourth-order valence-corrected chi connectivity index (χ4v) is 3.25. The van der Waals surface area contributed by atoms with Gasteiger partial charge in [-0.25, -0.2) is 9.97 Å². The van der Waals surface area contributed by atoms with E-state index in [0.29, 0.717) is 17.9 Å². The maximum absolute atomic E-state index is 13.0. The minimum atomic E-state index is -0.150. The lowest BCUT2D eigenvalue weighted by atomic mass is 9.97. The minimum Gasteiger partial charge on any atom is -0.348 e. The predicted molar refractivity (Wildman–Crippen MR) is 123 cm³/mol. The molecular formula is C26H24N4O. The van der Waals surface area contributed by atoms with Crippen LogP contribution in [-0.2, 0) is 6.54 Å². The van der Waals surface area contributed by atoms with Crippen molar-refractivity contribution in [2.24, 2.45) is 0 Å². The molecule has 0 aliphatic rings. The summed E-state index contributed by atoms with van der Waals surface area (Å²) in [6.45, 7) is 6.27. The van der Waals surface area contributed by atoms with E-state index >= 15 is 0 Å². The smallest absolute Gasteiger partial charge is 0.251 e. The summed E-state index contributed by atoms with van der Waals surface area (Å²) in [4.78, 5) is 25.9. The maximum atomic E-state index is 13.0. The fourth-order valence-electron chi connectivity index (χ4n) is 3.25. The zero-order chi connectivity index (χ0) is 21.8. The molecule has 4 aromatic rings. The molecule has 0 bridgehead atoms. The Kier molecular flexibility index (Phi) is 5.85. The number of carbonyl (C=O) groups excluding carboxylic acids is 1. The molecular weight excluding hydrogens is 384 g/mol. The predicted octanol–water partition coefficient (Wildman–Crippen LogP) is 5.06. The van der Waals surface area contributed by atoms with E-state index in [2.05, 4.69) is 57.5 Å². The summed E-state index contributed by atoms with van der Waals surface area (Å²) in [5.41, 5.74) is 7.50. The standard InChI is InChI=1S/C26H24N4O/c1-17-4-7-21(8-5-17)22-10-23(25-9-6-18(2)13-29-25)12-24(11-22)26(31)30-16-20-14-27-19(3)28-15-20/h4-15H,16H2,1-3H3,(H,30,31). The van der Waals surface area contributed by atoms with Crippen molar-refractivity contribution in [3.63, 3.8) is 0 Å². The molecule has 2 aromatic heterocycles. The van der Waals surface area contributed by atoms with Gasteiger partial charge in [-0.2, -0.15) is 0 Å². The Balaban J connectivity index is 1.68. The number of carbonyl (C=O) groups is 1. The van der Waals surface area contributed by atoms with E-state index in [1.165, 1.54) is 5.56 Å². The van der Waals surface area contributed by atoms with E-state index in [9.17, 15) is 4.79 Å². The first-order valence-electron chi connectivity index (χ1n) is 10.2. The molecule has 2 heterocycles. The van der Waals surface area contributed by atoms with Gasteiger partial charge >= 0.3 is 0 Å². The number of aryl methyl sites for hydroxylation is 3. The zero-order valence-corrected chi connectivity index (χ0v) is 17.9. The summed E-state index contributed by atoms with van der Waals surface area (Å²) in [5.74, 6) is 0.555. The molecule has 0 saturated heterocycles. The number of hydrogen-bond donors (Lipinski definition) is 1. The van der Waals surface area contributed by atoms with Gasteiger partial charge in [0.15, 0.2) is 0 Å². The van der Waals surface area contributed by atoms with Crippen molar-refractivity contribution in [2.45, 2.75) is 27.3 Å². The highest BCUT2D eigenvalue weighted by Gasteiger charge is 2.12. The van der Waals surface area contributed by atoms with Crippen molar-refractivity contribution in [3.05, 3.63) is 101 Å². The summed E-state index contributed by atoms with van der Waals surface area (Å²) in [6, 6.07) is 18.2. The van der Waals surface area contributed by atoms with Crippen LogP contribution >= 0.6 is 0 Å². The van der Waals surface area contributed by atoms with Gasteiger partial charge in [-0.15, -0.1) is 0 Å². The van der Waals surface area contributed by atoms with Gasteiger partial charge < -0.3 is 5.32 Å². The van der Waals surface area contributed by atoms with Crippen LogP contribution in [0.5, 0.6) is 0 Å². The molecule has 1 amide bonds. The summed E-state index contributed by atoms with van der Waals surface area (Å²) in [7, 11) is 0. The fraction of sp³-hybridized carbons (Fsp3) is 0.154. The van der Waals surface area contributed by atoms with Crippen LogP contribution in [0.1, 0.15) is 32.9 Å². The number of pyridine rings is 1. The Labute approximate surface area is 182 Å². The topological polar surface area (TPSA) is 67.8 Å².